The molecule has 1 aromatic heterocycles. The highest BCUT2D eigenvalue weighted by Gasteiger charge is 2.41. The molecule has 1 aromatic carbocycles. The minimum Gasteiger partial charge on any atom is -0.491 e. The summed E-state index contributed by atoms with van der Waals surface area (Å²) < 4.78 is 7.96. The molecule has 1 spiro atoms. The number of piperidine rings is 1. The molecule has 2 aliphatic rings. The number of rotatable bonds is 4. The molecule has 0 bridgehead atoms. The van der Waals surface area contributed by atoms with Crippen molar-refractivity contribution in [2.24, 2.45) is 5.41 Å². The lowest BCUT2D eigenvalue weighted by atomic mass is 9.73. The van der Waals surface area contributed by atoms with Crippen LogP contribution in [0.3, 0.4) is 0 Å². The van der Waals surface area contributed by atoms with E-state index in [2.05, 4.69) is 33.8 Å². The van der Waals surface area contributed by atoms with Crippen molar-refractivity contribution < 1.29 is 14.3 Å². The number of hydrogen-bond acceptors (Lipinski definition) is 5. The summed E-state index contributed by atoms with van der Waals surface area (Å²) >= 11 is 0. The summed E-state index contributed by atoms with van der Waals surface area (Å²) in [6, 6.07) is 7.12. The normalized spacial score (nSPS) is 21.9. The van der Waals surface area contributed by atoms with Gasteiger partial charge in [0.25, 0.3) is 5.91 Å². The number of nitrogens with one attached hydrogen (secondary N) is 2. The van der Waals surface area contributed by atoms with Gasteiger partial charge in [0.15, 0.2) is 0 Å². The number of fused-ring (bicyclic) bond motifs is 1. The third-order valence-corrected chi connectivity index (χ3v) is 7.21. The molecule has 190 valence electrons. The van der Waals surface area contributed by atoms with Gasteiger partial charge in [0.1, 0.15) is 12.4 Å². The predicted molar refractivity (Wildman–Crippen MR) is 135 cm³/mol. The van der Waals surface area contributed by atoms with Crippen molar-refractivity contribution >= 4 is 11.8 Å². The fourth-order valence-corrected chi connectivity index (χ4v) is 5.13. The smallest absolute Gasteiger partial charge is 0.255 e. The zero-order valence-electron chi connectivity index (χ0n) is 21.1. The summed E-state index contributed by atoms with van der Waals surface area (Å²) in [6.07, 6.45) is 9.43. The van der Waals surface area contributed by atoms with Crippen molar-refractivity contribution in [3.8, 4) is 5.75 Å². The Kier molecular flexibility index (Phi) is 8.44. The number of nitrogens with zero attached hydrogens (tertiary/aromatic N) is 3. The van der Waals surface area contributed by atoms with Gasteiger partial charge in [-0.3, -0.25) is 19.2 Å². The minimum atomic E-state index is -0.372. The Labute approximate surface area is 208 Å². The number of likely N-dealkylation sites (tertiary alicyclic amines) is 1. The Morgan fingerprint density at radius 1 is 1.14 bits per heavy atom. The molecule has 8 heteroatoms. The van der Waals surface area contributed by atoms with Crippen LogP contribution in [0.5, 0.6) is 5.75 Å². The Bertz CT molecular complexity index is 996. The lowest BCUT2D eigenvalue weighted by Crippen LogP contribution is -2.51. The SMILES string of the molecule is CCCn1cc(CN2CCC3(CCCCNC(=O)c4ccccc4OC[C@@H](C)NC3=O)CC2)cn1. The van der Waals surface area contributed by atoms with E-state index in [0.717, 1.165) is 64.7 Å². The zero-order valence-corrected chi connectivity index (χ0v) is 21.1. The van der Waals surface area contributed by atoms with Crippen LogP contribution in [0.15, 0.2) is 36.7 Å². The summed E-state index contributed by atoms with van der Waals surface area (Å²) in [5.74, 6) is 0.575. The first-order valence-electron chi connectivity index (χ1n) is 13.0. The van der Waals surface area contributed by atoms with Crippen LogP contribution in [0, 0.1) is 5.41 Å². The summed E-state index contributed by atoms with van der Waals surface area (Å²) in [6.45, 7) is 8.62. The first-order valence-corrected chi connectivity index (χ1v) is 13.0. The van der Waals surface area contributed by atoms with Gasteiger partial charge in [-0.15, -0.1) is 0 Å². The van der Waals surface area contributed by atoms with Gasteiger partial charge in [-0.2, -0.15) is 5.10 Å². The number of benzene rings is 1. The van der Waals surface area contributed by atoms with E-state index < -0.39 is 0 Å². The number of carbonyl (C=O) groups excluding carboxylic acids is 2. The lowest BCUT2D eigenvalue weighted by Gasteiger charge is -2.41. The molecule has 0 unspecified atom stereocenters. The molecule has 35 heavy (non-hydrogen) atoms. The summed E-state index contributed by atoms with van der Waals surface area (Å²) in [5.41, 5.74) is 1.39. The molecule has 3 heterocycles. The fraction of sp³-hybridized carbons (Fsp3) is 0.593. The molecule has 1 saturated heterocycles. The van der Waals surface area contributed by atoms with Crippen LogP contribution in [0.1, 0.15) is 68.3 Å². The highest BCUT2D eigenvalue weighted by atomic mass is 16.5. The van der Waals surface area contributed by atoms with Gasteiger partial charge in [0.05, 0.1) is 23.2 Å². The van der Waals surface area contributed by atoms with Crippen LogP contribution in [0.4, 0.5) is 0 Å². The average molecular weight is 482 g/mol. The van der Waals surface area contributed by atoms with E-state index in [4.69, 9.17) is 4.74 Å². The molecule has 2 aromatic rings. The van der Waals surface area contributed by atoms with Crippen molar-refractivity contribution in [3.05, 3.63) is 47.8 Å². The number of amides is 2. The quantitative estimate of drug-likeness (QED) is 0.699. The van der Waals surface area contributed by atoms with E-state index >= 15 is 0 Å². The van der Waals surface area contributed by atoms with E-state index in [1.807, 2.05) is 29.9 Å². The van der Waals surface area contributed by atoms with E-state index in [9.17, 15) is 9.59 Å². The van der Waals surface area contributed by atoms with Crippen molar-refractivity contribution in [2.45, 2.75) is 71.5 Å². The second-order valence-electron chi connectivity index (χ2n) is 10.1. The number of ether oxygens (including phenoxy) is 1. The van der Waals surface area contributed by atoms with E-state index in [1.54, 1.807) is 12.1 Å². The average Bonchev–Trinajstić information content (AvgIpc) is 3.30. The molecule has 2 N–H and O–H groups in total. The Hall–Kier alpha value is -2.87. The first-order chi connectivity index (χ1) is 17.0. The van der Waals surface area contributed by atoms with Crippen LogP contribution >= 0.6 is 0 Å². The number of aryl methyl sites for hydroxylation is 1. The zero-order chi connectivity index (χ0) is 24.7. The van der Waals surface area contributed by atoms with Gasteiger partial charge >= 0.3 is 0 Å². The predicted octanol–water partition coefficient (Wildman–Crippen LogP) is 3.37. The highest BCUT2D eigenvalue weighted by Crippen LogP contribution is 2.37. The molecule has 4 rings (SSSR count). The standard InChI is InChI=1S/C27H39N5O3/c1-3-14-32-19-22(17-29-32)18-31-15-11-27(12-16-31)10-6-7-13-28-25(33)23-8-4-5-9-24(23)35-20-21(2)30-26(27)34/h4-5,8-9,17,19,21H,3,6-7,10-16,18,20H2,1-2H3,(H,28,33)(H,30,34)/t21-/m1/s1. The monoisotopic (exact) mass is 481 g/mol. The molecule has 1 atom stereocenters. The molecular formula is C27H39N5O3. The number of carbonyl (C=O) groups is 2. The topological polar surface area (TPSA) is 88.5 Å². The Balaban J connectivity index is 1.40. The minimum absolute atomic E-state index is 0.111. The summed E-state index contributed by atoms with van der Waals surface area (Å²) in [5, 5.41) is 10.7. The van der Waals surface area contributed by atoms with Gasteiger partial charge < -0.3 is 15.4 Å². The molecule has 2 aliphatic heterocycles. The largest absolute Gasteiger partial charge is 0.491 e. The lowest BCUT2D eigenvalue weighted by molar-refractivity contribution is -0.135. The number of aromatic nitrogens is 2. The van der Waals surface area contributed by atoms with Crippen LogP contribution in [-0.4, -0.2) is 58.8 Å². The van der Waals surface area contributed by atoms with Crippen LogP contribution in [-0.2, 0) is 17.9 Å². The van der Waals surface area contributed by atoms with Gasteiger partial charge in [-0.1, -0.05) is 25.5 Å². The fourth-order valence-electron chi connectivity index (χ4n) is 5.13. The van der Waals surface area contributed by atoms with Crippen LogP contribution in [0.25, 0.3) is 0 Å². The number of para-hydroxylation sites is 1. The van der Waals surface area contributed by atoms with Crippen molar-refractivity contribution in [1.82, 2.24) is 25.3 Å². The van der Waals surface area contributed by atoms with Crippen LogP contribution < -0.4 is 15.4 Å². The molecule has 0 aliphatic carbocycles. The van der Waals surface area contributed by atoms with Gasteiger partial charge in [-0.25, -0.2) is 0 Å². The molecule has 2 amide bonds. The van der Waals surface area contributed by atoms with E-state index in [0.29, 0.717) is 24.5 Å². The Morgan fingerprint density at radius 3 is 2.74 bits per heavy atom. The number of hydrogen-bond donors (Lipinski definition) is 2. The van der Waals surface area contributed by atoms with Gasteiger partial charge in [0, 0.05) is 31.4 Å². The first kappa shape index (κ1) is 25.2. The Morgan fingerprint density at radius 2 is 1.94 bits per heavy atom. The summed E-state index contributed by atoms with van der Waals surface area (Å²) in [7, 11) is 0. The summed E-state index contributed by atoms with van der Waals surface area (Å²) in [4.78, 5) is 28.6. The molecule has 0 saturated carbocycles. The second-order valence-corrected chi connectivity index (χ2v) is 10.1. The van der Waals surface area contributed by atoms with Crippen molar-refractivity contribution in [1.29, 1.82) is 0 Å². The highest BCUT2D eigenvalue weighted by molar-refractivity contribution is 5.96. The maximum atomic E-state index is 13.5. The van der Waals surface area contributed by atoms with E-state index in [1.165, 1.54) is 5.56 Å². The maximum Gasteiger partial charge on any atom is 0.255 e. The molecule has 0 radical (unpaired) electrons. The maximum absolute atomic E-state index is 13.5. The van der Waals surface area contributed by atoms with Crippen molar-refractivity contribution in [3.63, 3.8) is 0 Å². The molecule has 8 nitrogen and oxygen atoms in total. The van der Waals surface area contributed by atoms with Gasteiger partial charge in [-0.05, 0) is 64.3 Å². The second kappa shape index (κ2) is 11.7. The van der Waals surface area contributed by atoms with Crippen LogP contribution in [0.2, 0.25) is 0 Å². The van der Waals surface area contributed by atoms with Crippen molar-refractivity contribution in [2.75, 3.05) is 26.2 Å². The van der Waals surface area contributed by atoms with Gasteiger partial charge in [0.2, 0.25) is 5.91 Å². The third kappa shape index (κ3) is 6.42. The molecular weight excluding hydrogens is 442 g/mol. The third-order valence-electron chi connectivity index (χ3n) is 7.21. The molecule has 1 fully saturated rings. The van der Waals surface area contributed by atoms with E-state index in [-0.39, 0.29) is 23.3 Å².